The first kappa shape index (κ1) is 16.4. The van der Waals surface area contributed by atoms with Gasteiger partial charge in [0.25, 0.3) is 0 Å². The highest BCUT2D eigenvalue weighted by atomic mass is 16.1. The molecule has 0 saturated heterocycles. The number of hydrogen-bond donors (Lipinski definition) is 2. The first-order valence-electron chi connectivity index (χ1n) is 6.63. The Bertz CT molecular complexity index is 207. The topological polar surface area (TPSA) is 44.4 Å². The summed E-state index contributed by atoms with van der Waals surface area (Å²) in [4.78, 5) is 13.9. The molecule has 0 heterocycles. The molecule has 2 N–H and O–H groups in total. The summed E-state index contributed by atoms with van der Waals surface area (Å²) in [5.41, 5.74) is -0.127. The van der Waals surface area contributed by atoms with Gasteiger partial charge in [-0.15, -0.1) is 0 Å². The number of nitrogens with zero attached hydrogens (tertiary/aromatic N) is 1. The van der Waals surface area contributed by atoms with E-state index in [4.69, 9.17) is 0 Å². The third kappa shape index (κ3) is 10.3. The van der Waals surface area contributed by atoms with Gasteiger partial charge in [-0.05, 0) is 33.9 Å². The molecule has 0 radical (unpaired) electrons. The highest BCUT2D eigenvalue weighted by Gasteiger charge is 2.12. The third-order valence-electron chi connectivity index (χ3n) is 2.54. The molecule has 0 rings (SSSR count). The molecule has 4 nitrogen and oxygen atoms in total. The molecule has 0 aliphatic heterocycles. The van der Waals surface area contributed by atoms with Crippen LogP contribution in [0.15, 0.2) is 0 Å². The average Bonchev–Trinajstić information content (AvgIpc) is 2.21. The number of rotatable bonds is 8. The Morgan fingerprint density at radius 1 is 1.12 bits per heavy atom. The van der Waals surface area contributed by atoms with Gasteiger partial charge >= 0.3 is 0 Å². The summed E-state index contributed by atoms with van der Waals surface area (Å²) in [6, 6.07) is 0. The van der Waals surface area contributed by atoms with Gasteiger partial charge in [-0.25, -0.2) is 0 Å². The Kier molecular flexibility index (Phi) is 8.17. The van der Waals surface area contributed by atoms with Crippen LogP contribution >= 0.6 is 0 Å². The minimum absolute atomic E-state index is 0.118. The Morgan fingerprint density at radius 2 is 1.71 bits per heavy atom. The van der Waals surface area contributed by atoms with E-state index in [1.807, 2.05) is 20.8 Å². The molecule has 0 aromatic carbocycles. The second kappa shape index (κ2) is 8.48. The maximum absolute atomic E-state index is 11.5. The zero-order chi connectivity index (χ0) is 13.3. The number of nitrogens with one attached hydrogen (secondary N) is 2. The van der Waals surface area contributed by atoms with E-state index in [1.165, 1.54) is 0 Å². The van der Waals surface area contributed by atoms with E-state index in [-0.39, 0.29) is 11.4 Å². The molecule has 0 saturated carbocycles. The molecule has 102 valence electrons. The number of likely N-dealkylation sites (N-methyl/N-ethyl adjacent to an activating group) is 1. The summed E-state index contributed by atoms with van der Waals surface area (Å²) in [7, 11) is 0. The fourth-order valence-corrected chi connectivity index (χ4v) is 1.58. The lowest BCUT2D eigenvalue weighted by Crippen LogP contribution is -2.42. The summed E-state index contributed by atoms with van der Waals surface area (Å²) >= 11 is 0. The van der Waals surface area contributed by atoms with Crippen molar-refractivity contribution >= 4 is 5.91 Å². The Morgan fingerprint density at radius 3 is 2.18 bits per heavy atom. The van der Waals surface area contributed by atoms with Crippen molar-refractivity contribution in [3.05, 3.63) is 0 Å². The van der Waals surface area contributed by atoms with Crippen LogP contribution < -0.4 is 10.6 Å². The Balaban J connectivity index is 3.49. The summed E-state index contributed by atoms with van der Waals surface area (Å²) < 4.78 is 0. The molecule has 17 heavy (non-hydrogen) atoms. The van der Waals surface area contributed by atoms with E-state index in [1.54, 1.807) is 0 Å². The lowest BCUT2D eigenvalue weighted by Gasteiger charge is -2.21. The van der Waals surface area contributed by atoms with E-state index in [0.29, 0.717) is 6.42 Å². The molecule has 0 spiro atoms. The van der Waals surface area contributed by atoms with Crippen molar-refractivity contribution in [2.24, 2.45) is 0 Å². The van der Waals surface area contributed by atoms with Crippen molar-refractivity contribution in [1.82, 2.24) is 15.5 Å². The molecule has 0 atom stereocenters. The quantitative estimate of drug-likeness (QED) is 0.630. The van der Waals surface area contributed by atoms with Crippen LogP contribution in [0.4, 0.5) is 0 Å². The second-order valence-electron chi connectivity index (χ2n) is 5.33. The van der Waals surface area contributed by atoms with Gasteiger partial charge in [-0.1, -0.05) is 13.8 Å². The van der Waals surface area contributed by atoms with Crippen LogP contribution in [-0.2, 0) is 4.79 Å². The van der Waals surface area contributed by atoms with Crippen molar-refractivity contribution in [2.45, 2.75) is 46.6 Å². The predicted octanol–water partition coefficient (Wildman–Crippen LogP) is 1.22. The minimum atomic E-state index is -0.127. The predicted molar refractivity (Wildman–Crippen MR) is 73.2 cm³/mol. The van der Waals surface area contributed by atoms with Crippen molar-refractivity contribution in [3.63, 3.8) is 0 Å². The SMILES string of the molecule is CCN(CC)CCNCCC(=O)NC(C)(C)C. The standard InChI is InChI=1S/C13H29N3O/c1-6-16(7-2)11-10-14-9-8-12(17)15-13(3,4)5/h14H,6-11H2,1-5H3,(H,15,17). The van der Waals surface area contributed by atoms with Crippen molar-refractivity contribution in [1.29, 1.82) is 0 Å². The zero-order valence-electron chi connectivity index (χ0n) is 12.1. The fourth-order valence-electron chi connectivity index (χ4n) is 1.58. The highest BCUT2D eigenvalue weighted by Crippen LogP contribution is 1.98. The Hall–Kier alpha value is -0.610. The lowest BCUT2D eigenvalue weighted by molar-refractivity contribution is -0.122. The van der Waals surface area contributed by atoms with Gasteiger partial charge in [0.2, 0.25) is 5.91 Å². The largest absolute Gasteiger partial charge is 0.351 e. The van der Waals surface area contributed by atoms with Crippen LogP contribution in [0.2, 0.25) is 0 Å². The first-order chi connectivity index (χ1) is 7.89. The van der Waals surface area contributed by atoms with Gasteiger partial charge < -0.3 is 15.5 Å². The summed E-state index contributed by atoms with van der Waals surface area (Å²) in [6.45, 7) is 15.3. The minimum Gasteiger partial charge on any atom is -0.351 e. The van der Waals surface area contributed by atoms with Gasteiger partial charge in [0.1, 0.15) is 0 Å². The number of carbonyl (C=O) groups excluding carboxylic acids is 1. The maximum Gasteiger partial charge on any atom is 0.221 e. The van der Waals surface area contributed by atoms with Crippen LogP contribution in [-0.4, -0.2) is 49.1 Å². The lowest BCUT2D eigenvalue weighted by atomic mass is 10.1. The van der Waals surface area contributed by atoms with Crippen LogP contribution in [0.25, 0.3) is 0 Å². The van der Waals surface area contributed by atoms with Gasteiger partial charge in [0, 0.05) is 31.6 Å². The average molecular weight is 243 g/mol. The summed E-state index contributed by atoms with van der Waals surface area (Å²) in [6.07, 6.45) is 0.551. The van der Waals surface area contributed by atoms with Crippen LogP contribution in [0.1, 0.15) is 41.0 Å². The fraction of sp³-hybridized carbons (Fsp3) is 0.923. The normalized spacial score (nSPS) is 11.9. The van der Waals surface area contributed by atoms with Crippen molar-refractivity contribution in [3.8, 4) is 0 Å². The molecule has 0 fully saturated rings. The third-order valence-corrected chi connectivity index (χ3v) is 2.54. The first-order valence-corrected chi connectivity index (χ1v) is 6.63. The van der Waals surface area contributed by atoms with E-state index in [0.717, 1.165) is 32.7 Å². The van der Waals surface area contributed by atoms with Crippen LogP contribution in [0.5, 0.6) is 0 Å². The Labute approximate surface area is 106 Å². The second-order valence-corrected chi connectivity index (χ2v) is 5.33. The van der Waals surface area contributed by atoms with Gasteiger partial charge in [-0.2, -0.15) is 0 Å². The van der Waals surface area contributed by atoms with Crippen LogP contribution in [0.3, 0.4) is 0 Å². The number of amides is 1. The molecule has 0 aliphatic rings. The molecule has 0 bridgehead atoms. The van der Waals surface area contributed by atoms with E-state index >= 15 is 0 Å². The van der Waals surface area contributed by atoms with Gasteiger partial charge in [-0.3, -0.25) is 4.79 Å². The van der Waals surface area contributed by atoms with Crippen LogP contribution in [0, 0.1) is 0 Å². The van der Waals surface area contributed by atoms with Crippen molar-refractivity contribution in [2.75, 3.05) is 32.7 Å². The molecule has 0 aromatic heterocycles. The molecule has 0 aromatic rings. The summed E-state index contributed by atoms with van der Waals surface area (Å²) in [5.74, 6) is 0.118. The molecular formula is C13H29N3O. The summed E-state index contributed by atoms with van der Waals surface area (Å²) in [5, 5.41) is 6.25. The number of hydrogen-bond acceptors (Lipinski definition) is 3. The molecule has 0 aliphatic carbocycles. The van der Waals surface area contributed by atoms with Gasteiger partial charge in [0.05, 0.1) is 0 Å². The molecule has 4 heteroatoms. The molecule has 0 unspecified atom stereocenters. The van der Waals surface area contributed by atoms with Crippen molar-refractivity contribution < 1.29 is 4.79 Å². The smallest absolute Gasteiger partial charge is 0.221 e. The molecule has 1 amide bonds. The number of carbonyl (C=O) groups is 1. The van der Waals surface area contributed by atoms with E-state index in [9.17, 15) is 4.79 Å². The van der Waals surface area contributed by atoms with E-state index in [2.05, 4.69) is 29.4 Å². The van der Waals surface area contributed by atoms with E-state index < -0.39 is 0 Å². The molecular weight excluding hydrogens is 214 g/mol. The zero-order valence-corrected chi connectivity index (χ0v) is 12.1. The maximum atomic E-state index is 11.5. The van der Waals surface area contributed by atoms with Gasteiger partial charge in [0.15, 0.2) is 0 Å². The monoisotopic (exact) mass is 243 g/mol. The highest BCUT2D eigenvalue weighted by molar-refractivity contribution is 5.76.